The van der Waals surface area contributed by atoms with Crippen molar-refractivity contribution in [3.63, 3.8) is 0 Å². The van der Waals surface area contributed by atoms with Crippen LogP contribution in [0, 0.1) is 11.7 Å². The first-order valence-electron chi connectivity index (χ1n) is 7.24. The van der Waals surface area contributed by atoms with Crippen LogP contribution in [-0.4, -0.2) is 20.7 Å². The Morgan fingerprint density at radius 2 is 2.05 bits per heavy atom. The number of nitrogens with one attached hydrogen (secondary N) is 1. The second kappa shape index (κ2) is 6.90. The molecule has 0 heterocycles. The highest BCUT2D eigenvalue weighted by Gasteiger charge is 2.27. The van der Waals surface area contributed by atoms with Crippen molar-refractivity contribution in [2.45, 2.75) is 38.0 Å². The number of halogens is 1. The third-order valence-electron chi connectivity index (χ3n) is 4.22. The van der Waals surface area contributed by atoms with Crippen molar-refractivity contribution in [1.82, 2.24) is 5.32 Å². The molecule has 2 rings (SSSR count). The summed E-state index contributed by atoms with van der Waals surface area (Å²) in [7, 11) is 3.66. The first-order valence-corrected chi connectivity index (χ1v) is 7.24. The molecule has 0 radical (unpaired) electrons. The molecular formula is C16H24FNO. The first kappa shape index (κ1) is 14.3. The molecule has 0 saturated heterocycles. The molecule has 1 fully saturated rings. The fourth-order valence-corrected chi connectivity index (χ4v) is 3.30. The Bertz CT molecular complexity index is 408. The maximum atomic E-state index is 13.6. The molecule has 0 aliphatic heterocycles. The Kier molecular flexibility index (Phi) is 5.20. The highest BCUT2D eigenvalue weighted by Crippen LogP contribution is 2.40. The molecule has 1 aliphatic carbocycles. The number of rotatable bonds is 4. The second-order valence-electron chi connectivity index (χ2n) is 5.45. The molecule has 0 amide bonds. The molecule has 2 unspecified atom stereocenters. The number of methoxy groups -OCH3 is 1. The molecule has 1 aromatic rings. The van der Waals surface area contributed by atoms with Gasteiger partial charge < -0.3 is 10.1 Å². The molecule has 19 heavy (non-hydrogen) atoms. The van der Waals surface area contributed by atoms with Crippen LogP contribution in [0.1, 0.15) is 43.6 Å². The zero-order valence-corrected chi connectivity index (χ0v) is 11.9. The summed E-state index contributed by atoms with van der Waals surface area (Å²) in [5.41, 5.74) is 1.05. The van der Waals surface area contributed by atoms with Gasteiger partial charge in [0.05, 0.1) is 7.11 Å². The lowest BCUT2D eigenvalue weighted by atomic mass is 9.82. The summed E-state index contributed by atoms with van der Waals surface area (Å²) in [4.78, 5) is 0. The van der Waals surface area contributed by atoms with E-state index >= 15 is 0 Å². The van der Waals surface area contributed by atoms with E-state index in [-0.39, 0.29) is 5.82 Å². The van der Waals surface area contributed by atoms with Gasteiger partial charge in [0.25, 0.3) is 0 Å². The van der Waals surface area contributed by atoms with E-state index in [0.29, 0.717) is 11.8 Å². The van der Waals surface area contributed by atoms with Gasteiger partial charge in [-0.25, -0.2) is 4.39 Å². The summed E-state index contributed by atoms with van der Waals surface area (Å²) in [5.74, 6) is 1.64. The van der Waals surface area contributed by atoms with E-state index < -0.39 is 0 Å². The van der Waals surface area contributed by atoms with Crippen LogP contribution in [-0.2, 0) is 0 Å². The van der Waals surface area contributed by atoms with Gasteiger partial charge >= 0.3 is 0 Å². The van der Waals surface area contributed by atoms with Gasteiger partial charge in [-0.1, -0.05) is 19.3 Å². The quantitative estimate of drug-likeness (QED) is 0.838. The normalized spacial score (nSPS) is 23.9. The van der Waals surface area contributed by atoms with Crippen molar-refractivity contribution < 1.29 is 9.13 Å². The fourth-order valence-electron chi connectivity index (χ4n) is 3.30. The summed E-state index contributed by atoms with van der Waals surface area (Å²) in [5, 5.41) is 3.28. The summed E-state index contributed by atoms with van der Waals surface area (Å²) >= 11 is 0. The van der Waals surface area contributed by atoms with Crippen molar-refractivity contribution in [2.24, 2.45) is 5.92 Å². The van der Waals surface area contributed by atoms with Crippen LogP contribution < -0.4 is 10.1 Å². The van der Waals surface area contributed by atoms with Gasteiger partial charge in [0.2, 0.25) is 0 Å². The minimum absolute atomic E-state index is 0.164. The van der Waals surface area contributed by atoms with E-state index in [9.17, 15) is 4.39 Å². The third-order valence-corrected chi connectivity index (χ3v) is 4.22. The molecule has 106 valence electrons. The summed E-state index contributed by atoms with van der Waals surface area (Å²) in [6.07, 6.45) is 6.14. The molecule has 2 atom stereocenters. The lowest BCUT2D eigenvalue weighted by Crippen LogP contribution is -2.24. The Balaban J connectivity index is 2.31. The fraction of sp³-hybridized carbons (Fsp3) is 0.625. The molecule has 0 bridgehead atoms. The minimum atomic E-state index is -0.164. The van der Waals surface area contributed by atoms with Gasteiger partial charge in [-0.15, -0.1) is 0 Å². The molecule has 1 saturated carbocycles. The monoisotopic (exact) mass is 265 g/mol. The van der Waals surface area contributed by atoms with Crippen molar-refractivity contribution in [2.75, 3.05) is 20.7 Å². The Labute approximate surface area is 115 Å². The minimum Gasteiger partial charge on any atom is -0.496 e. The lowest BCUT2D eigenvalue weighted by molar-refractivity contribution is 0.359. The van der Waals surface area contributed by atoms with Gasteiger partial charge in [0.15, 0.2) is 0 Å². The van der Waals surface area contributed by atoms with Crippen molar-refractivity contribution in [3.05, 3.63) is 29.6 Å². The molecule has 1 aliphatic rings. The zero-order valence-electron chi connectivity index (χ0n) is 11.9. The highest BCUT2D eigenvalue weighted by atomic mass is 19.1. The number of ether oxygens (including phenoxy) is 1. The molecule has 0 aromatic heterocycles. The van der Waals surface area contributed by atoms with Gasteiger partial charge in [0.1, 0.15) is 11.6 Å². The third kappa shape index (κ3) is 3.47. The van der Waals surface area contributed by atoms with Crippen molar-refractivity contribution in [1.29, 1.82) is 0 Å². The van der Waals surface area contributed by atoms with E-state index in [1.807, 2.05) is 7.05 Å². The van der Waals surface area contributed by atoms with E-state index in [4.69, 9.17) is 4.74 Å². The zero-order chi connectivity index (χ0) is 13.7. The van der Waals surface area contributed by atoms with Crippen LogP contribution in [0.25, 0.3) is 0 Å². The summed E-state index contributed by atoms with van der Waals surface area (Å²) < 4.78 is 19.0. The predicted molar refractivity (Wildman–Crippen MR) is 76.2 cm³/mol. The van der Waals surface area contributed by atoms with Crippen LogP contribution in [0.2, 0.25) is 0 Å². The number of hydrogen-bond donors (Lipinski definition) is 1. The predicted octanol–water partition coefficient (Wildman–Crippen LogP) is 3.72. The summed E-state index contributed by atoms with van der Waals surface area (Å²) in [6.45, 7) is 0.990. The van der Waals surface area contributed by atoms with Gasteiger partial charge in [-0.3, -0.25) is 0 Å². The lowest BCUT2D eigenvalue weighted by Gasteiger charge is -2.27. The summed E-state index contributed by atoms with van der Waals surface area (Å²) in [6, 6.07) is 4.90. The van der Waals surface area contributed by atoms with Crippen LogP contribution in [0.15, 0.2) is 18.2 Å². The standard InChI is InChI=1S/C16H24FNO/c1-18-11-12-6-4-3-5-7-14(12)15-10-13(17)8-9-16(15)19-2/h8-10,12,14,18H,3-7,11H2,1-2H3. The van der Waals surface area contributed by atoms with Gasteiger partial charge in [-0.05, 0) is 56.5 Å². The van der Waals surface area contributed by atoms with E-state index in [0.717, 1.165) is 24.3 Å². The van der Waals surface area contributed by atoms with Gasteiger partial charge in [-0.2, -0.15) is 0 Å². The Morgan fingerprint density at radius 3 is 2.79 bits per heavy atom. The average molecular weight is 265 g/mol. The largest absolute Gasteiger partial charge is 0.496 e. The smallest absolute Gasteiger partial charge is 0.123 e. The Morgan fingerprint density at radius 1 is 1.26 bits per heavy atom. The first-order chi connectivity index (χ1) is 9.26. The van der Waals surface area contributed by atoms with E-state index in [1.165, 1.54) is 31.7 Å². The Hall–Kier alpha value is -1.09. The number of benzene rings is 1. The van der Waals surface area contributed by atoms with Crippen LogP contribution in [0.3, 0.4) is 0 Å². The van der Waals surface area contributed by atoms with E-state index in [1.54, 1.807) is 19.2 Å². The molecule has 0 spiro atoms. The van der Waals surface area contributed by atoms with Gasteiger partial charge in [0, 0.05) is 5.56 Å². The van der Waals surface area contributed by atoms with Crippen LogP contribution >= 0.6 is 0 Å². The van der Waals surface area contributed by atoms with Crippen LogP contribution in [0.4, 0.5) is 4.39 Å². The molecule has 1 aromatic carbocycles. The average Bonchev–Trinajstić information content (AvgIpc) is 2.64. The SMILES string of the molecule is CNCC1CCCCCC1c1cc(F)ccc1OC. The molecular weight excluding hydrogens is 241 g/mol. The maximum absolute atomic E-state index is 13.6. The number of hydrogen-bond acceptors (Lipinski definition) is 2. The maximum Gasteiger partial charge on any atom is 0.123 e. The topological polar surface area (TPSA) is 21.3 Å². The van der Waals surface area contributed by atoms with Crippen LogP contribution in [0.5, 0.6) is 5.75 Å². The van der Waals surface area contributed by atoms with E-state index in [2.05, 4.69) is 5.32 Å². The molecule has 2 nitrogen and oxygen atoms in total. The second-order valence-corrected chi connectivity index (χ2v) is 5.45. The molecule has 1 N–H and O–H groups in total. The highest BCUT2D eigenvalue weighted by molar-refractivity contribution is 5.37. The van der Waals surface area contributed by atoms with Crippen molar-refractivity contribution >= 4 is 0 Å². The molecule has 3 heteroatoms. The van der Waals surface area contributed by atoms with Crippen molar-refractivity contribution in [3.8, 4) is 5.75 Å².